The van der Waals surface area contributed by atoms with E-state index in [4.69, 9.17) is 0 Å². The lowest BCUT2D eigenvalue weighted by molar-refractivity contribution is 0.548. The van der Waals surface area contributed by atoms with Crippen molar-refractivity contribution in [1.82, 2.24) is 9.55 Å². The second-order valence-corrected chi connectivity index (χ2v) is 3.96. The van der Waals surface area contributed by atoms with Crippen LogP contribution in [0.25, 0.3) is 11.0 Å². The Hall–Kier alpha value is -1.45. The molecule has 0 radical (unpaired) electrons. The van der Waals surface area contributed by atoms with Gasteiger partial charge in [-0.2, -0.15) is 0 Å². The van der Waals surface area contributed by atoms with Crippen LogP contribution in [0.2, 0.25) is 0 Å². The molecule has 15 heavy (non-hydrogen) atoms. The normalized spacial score (nSPS) is 11.6. The van der Waals surface area contributed by atoms with Crippen LogP contribution < -0.4 is 0 Å². The Morgan fingerprint density at radius 2 is 2.00 bits per heavy atom. The summed E-state index contributed by atoms with van der Waals surface area (Å²) in [7, 11) is 1.71. The molecular formula is C11H12F2N2. The van der Waals surface area contributed by atoms with Crippen LogP contribution in [0.5, 0.6) is 0 Å². The Bertz CT molecular complexity index is 515. The standard InChI is InChI=1S/C11H12F2N2/c1-6(2)9-7(12)4-8-11(10(9)13)14-5-15(8)3/h4-6H,1-3H3. The number of aryl methyl sites for hydroxylation is 1. The van der Waals surface area contributed by atoms with Crippen LogP contribution in [0, 0.1) is 11.6 Å². The Labute approximate surface area is 86.5 Å². The summed E-state index contributed by atoms with van der Waals surface area (Å²) in [4.78, 5) is 3.92. The molecule has 0 N–H and O–H groups in total. The van der Waals surface area contributed by atoms with Crippen LogP contribution in [-0.2, 0) is 7.05 Å². The van der Waals surface area contributed by atoms with Gasteiger partial charge in [-0.05, 0) is 5.92 Å². The van der Waals surface area contributed by atoms with Crippen molar-refractivity contribution in [3.63, 3.8) is 0 Å². The summed E-state index contributed by atoms with van der Waals surface area (Å²) in [5, 5.41) is 0. The first-order valence-electron chi connectivity index (χ1n) is 4.81. The van der Waals surface area contributed by atoms with Gasteiger partial charge in [0.25, 0.3) is 0 Å². The molecule has 0 bridgehead atoms. The molecule has 1 aromatic carbocycles. The van der Waals surface area contributed by atoms with Gasteiger partial charge in [-0.25, -0.2) is 13.8 Å². The highest BCUT2D eigenvalue weighted by Crippen LogP contribution is 2.27. The maximum atomic E-state index is 13.9. The summed E-state index contributed by atoms with van der Waals surface area (Å²) in [5.74, 6) is -1.23. The molecule has 80 valence electrons. The highest BCUT2D eigenvalue weighted by molar-refractivity contribution is 5.77. The van der Waals surface area contributed by atoms with Crippen molar-refractivity contribution in [2.24, 2.45) is 7.05 Å². The molecule has 0 fully saturated rings. The van der Waals surface area contributed by atoms with Crippen molar-refractivity contribution in [2.75, 3.05) is 0 Å². The second kappa shape index (κ2) is 3.29. The molecule has 0 unspecified atom stereocenters. The summed E-state index contributed by atoms with van der Waals surface area (Å²) in [6.45, 7) is 3.52. The van der Waals surface area contributed by atoms with Crippen molar-refractivity contribution in [3.05, 3.63) is 29.6 Å². The smallest absolute Gasteiger partial charge is 0.157 e. The summed E-state index contributed by atoms with van der Waals surface area (Å²) >= 11 is 0. The quantitative estimate of drug-likeness (QED) is 0.707. The van der Waals surface area contributed by atoms with E-state index in [0.717, 1.165) is 0 Å². The molecule has 0 saturated carbocycles. The fraction of sp³-hybridized carbons (Fsp3) is 0.364. The fourth-order valence-corrected chi connectivity index (χ4v) is 1.74. The van der Waals surface area contributed by atoms with Crippen molar-refractivity contribution in [1.29, 1.82) is 0 Å². The number of rotatable bonds is 1. The molecule has 4 heteroatoms. The highest BCUT2D eigenvalue weighted by Gasteiger charge is 2.18. The van der Waals surface area contributed by atoms with E-state index in [1.165, 1.54) is 12.4 Å². The lowest BCUT2D eigenvalue weighted by Gasteiger charge is -2.09. The average molecular weight is 210 g/mol. The van der Waals surface area contributed by atoms with E-state index in [1.54, 1.807) is 25.5 Å². The fourth-order valence-electron chi connectivity index (χ4n) is 1.74. The zero-order valence-electron chi connectivity index (χ0n) is 8.88. The number of benzene rings is 1. The van der Waals surface area contributed by atoms with Gasteiger partial charge in [-0.1, -0.05) is 13.8 Å². The first-order chi connectivity index (χ1) is 7.02. The van der Waals surface area contributed by atoms with Gasteiger partial charge in [-0.3, -0.25) is 0 Å². The summed E-state index contributed by atoms with van der Waals surface area (Å²) < 4.78 is 29.1. The van der Waals surface area contributed by atoms with E-state index >= 15 is 0 Å². The van der Waals surface area contributed by atoms with E-state index in [-0.39, 0.29) is 17.0 Å². The number of halogens is 2. The van der Waals surface area contributed by atoms with Crippen molar-refractivity contribution in [3.8, 4) is 0 Å². The van der Waals surface area contributed by atoms with Crippen molar-refractivity contribution >= 4 is 11.0 Å². The van der Waals surface area contributed by atoms with Crippen LogP contribution in [0.1, 0.15) is 25.3 Å². The van der Waals surface area contributed by atoms with Crippen LogP contribution in [0.3, 0.4) is 0 Å². The SMILES string of the molecule is CC(C)c1c(F)cc2c(ncn2C)c1F. The van der Waals surface area contributed by atoms with Crippen molar-refractivity contribution < 1.29 is 8.78 Å². The highest BCUT2D eigenvalue weighted by atomic mass is 19.1. The number of fused-ring (bicyclic) bond motifs is 1. The average Bonchev–Trinajstić information content (AvgIpc) is 2.47. The number of nitrogens with zero attached hydrogens (tertiary/aromatic N) is 2. The molecule has 0 aliphatic carbocycles. The van der Waals surface area contributed by atoms with Crippen molar-refractivity contribution in [2.45, 2.75) is 19.8 Å². The zero-order valence-corrected chi connectivity index (χ0v) is 8.88. The molecule has 1 heterocycles. The zero-order chi connectivity index (χ0) is 11.2. The summed E-state index contributed by atoms with van der Waals surface area (Å²) in [6.07, 6.45) is 1.48. The third-order valence-electron chi connectivity index (χ3n) is 2.53. The first kappa shape index (κ1) is 10.1. The minimum atomic E-state index is -0.541. The van der Waals surface area contributed by atoms with Gasteiger partial charge in [0.1, 0.15) is 11.3 Å². The monoisotopic (exact) mass is 210 g/mol. The third-order valence-corrected chi connectivity index (χ3v) is 2.53. The molecule has 2 aromatic rings. The van der Waals surface area contributed by atoms with Crippen LogP contribution in [0.15, 0.2) is 12.4 Å². The molecule has 2 rings (SSSR count). The Morgan fingerprint density at radius 3 is 2.60 bits per heavy atom. The predicted molar refractivity (Wildman–Crippen MR) is 54.7 cm³/mol. The molecule has 2 nitrogen and oxygen atoms in total. The minimum absolute atomic E-state index is 0.112. The van der Waals surface area contributed by atoms with Crippen LogP contribution >= 0.6 is 0 Å². The largest absolute Gasteiger partial charge is 0.334 e. The van der Waals surface area contributed by atoms with Gasteiger partial charge in [0.2, 0.25) is 0 Å². The first-order valence-corrected chi connectivity index (χ1v) is 4.81. The van der Waals surface area contributed by atoms with Gasteiger partial charge >= 0.3 is 0 Å². The van der Waals surface area contributed by atoms with Gasteiger partial charge in [0.05, 0.1) is 11.8 Å². The maximum absolute atomic E-state index is 13.9. The number of hydrogen-bond donors (Lipinski definition) is 0. The Kier molecular flexibility index (Phi) is 2.21. The molecule has 0 amide bonds. The lowest BCUT2D eigenvalue weighted by atomic mass is 10.0. The topological polar surface area (TPSA) is 17.8 Å². The molecular weight excluding hydrogens is 198 g/mol. The van der Waals surface area contributed by atoms with Gasteiger partial charge in [0.15, 0.2) is 5.82 Å². The van der Waals surface area contributed by atoms with E-state index < -0.39 is 11.6 Å². The molecule has 0 aliphatic heterocycles. The number of aromatic nitrogens is 2. The molecule has 0 atom stereocenters. The predicted octanol–water partition coefficient (Wildman–Crippen LogP) is 2.97. The van der Waals surface area contributed by atoms with E-state index in [9.17, 15) is 8.78 Å². The van der Waals surface area contributed by atoms with E-state index in [0.29, 0.717) is 5.52 Å². The van der Waals surface area contributed by atoms with Crippen LogP contribution in [-0.4, -0.2) is 9.55 Å². The molecule has 1 aromatic heterocycles. The minimum Gasteiger partial charge on any atom is -0.334 e. The number of imidazole rings is 1. The third kappa shape index (κ3) is 1.40. The lowest BCUT2D eigenvalue weighted by Crippen LogP contribution is -2.00. The molecule has 0 aliphatic rings. The summed E-state index contributed by atoms with van der Waals surface area (Å²) in [5.41, 5.74) is 0.832. The molecule has 0 saturated heterocycles. The molecule has 0 spiro atoms. The van der Waals surface area contributed by atoms with E-state index in [1.807, 2.05) is 0 Å². The van der Waals surface area contributed by atoms with Crippen LogP contribution in [0.4, 0.5) is 8.78 Å². The second-order valence-electron chi connectivity index (χ2n) is 3.96. The summed E-state index contributed by atoms with van der Waals surface area (Å²) in [6, 6.07) is 1.33. The Balaban J connectivity index is 2.85. The van der Waals surface area contributed by atoms with Gasteiger partial charge in [0, 0.05) is 18.7 Å². The van der Waals surface area contributed by atoms with Gasteiger partial charge in [-0.15, -0.1) is 0 Å². The number of hydrogen-bond acceptors (Lipinski definition) is 1. The maximum Gasteiger partial charge on any atom is 0.157 e. The van der Waals surface area contributed by atoms with E-state index in [2.05, 4.69) is 4.98 Å². The Morgan fingerprint density at radius 1 is 1.33 bits per heavy atom. The van der Waals surface area contributed by atoms with Gasteiger partial charge < -0.3 is 4.57 Å².